The van der Waals surface area contributed by atoms with Crippen LogP contribution in [0.2, 0.25) is 0 Å². The van der Waals surface area contributed by atoms with Crippen LogP contribution in [0.15, 0.2) is 48.7 Å². The van der Waals surface area contributed by atoms with Crippen molar-refractivity contribution < 1.29 is 32.2 Å². The first-order chi connectivity index (χ1) is 15.8. The lowest BCUT2D eigenvalue weighted by atomic mass is 10.1. The highest BCUT2D eigenvalue weighted by atomic mass is 19.4. The number of fused-ring (bicyclic) bond motifs is 1. The molecule has 1 saturated heterocycles. The molecule has 0 spiro atoms. The number of H-pyrrole nitrogens is 1. The van der Waals surface area contributed by atoms with Gasteiger partial charge in [-0.1, -0.05) is 18.2 Å². The minimum atomic E-state index is -4.56. The number of hydrogen-bond acceptors (Lipinski definition) is 5. The van der Waals surface area contributed by atoms with Gasteiger partial charge in [0.25, 0.3) is 5.91 Å². The van der Waals surface area contributed by atoms with Crippen molar-refractivity contribution in [3.8, 4) is 0 Å². The number of para-hydroxylation sites is 1. The summed E-state index contributed by atoms with van der Waals surface area (Å²) in [6.45, 7) is 1.21. The van der Waals surface area contributed by atoms with Crippen molar-refractivity contribution >= 4 is 34.2 Å². The summed E-state index contributed by atoms with van der Waals surface area (Å²) in [7, 11) is 0. The van der Waals surface area contributed by atoms with Crippen LogP contribution in [0.4, 0.5) is 24.5 Å². The molecule has 1 fully saturated rings. The Morgan fingerprint density at radius 2 is 1.88 bits per heavy atom. The molecule has 1 aromatic heterocycles. The predicted octanol–water partition coefficient (Wildman–Crippen LogP) is 3.75. The molecule has 1 amide bonds. The minimum absolute atomic E-state index is 0.00408. The second-order valence-corrected chi connectivity index (χ2v) is 7.57. The number of ether oxygens (including phenoxy) is 2. The molecular weight excluding hydrogens is 439 g/mol. The molecular formula is C23H22F3N3O4. The molecule has 0 unspecified atom stereocenters. The Hall–Kier alpha value is -3.53. The van der Waals surface area contributed by atoms with E-state index in [2.05, 4.69) is 10.3 Å². The van der Waals surface area contributed by atoms with Gasteiger partial charge in [0.1, 0.15) is 0 Å². The first kappa shape index (κ1) is 22.7. The Morgan fingerprint density at radius 1 is 1.12 bits per heavy atom. The second-order valence-electron chi connectivity index (χ2n) is 7.57. The highest BCUT2D eigenvalue weighted by Crippen LogP contribution is 2.35. The number of aromatic nitrogens is 1. The SMILES string of the molecule is O=C(COC(=O)Cc1c[nH]c2ccccc12)Nc1cc(C(F)(F)F)ccc1N1CCOCC1. The van der Waals surface area contributed by atoms with Crippen molar-refractivity contribution in [3.05, 3.63) is 59.8 Å². The largest absolute Gasteiger partial charge is 0.455 e. The topological polar surface area (TPSA) is 83.7 Å². The normalized spacial score (nSPS) is 14.3. The summed E-state index contributed by atoms with van der Waals surface area (Å²) >= 11 is 0. The Bertz CT molecular complexity index is 1150. The highest BCUT2D eigenvalue weighted by Gasteiger charge is 2.32. The number of carbonyl (C=O) groups is 2. The Morgan fingerprint density at radius 3 is 2.64 bits per heavy atom. The van der Waals surface area contributed by atoms with Gasteiger partial charge in [0.15, 0.2) is 6.61 Å². The number of hydrogen-bond donors (Lipinski definition) is 2. The summed E-state index contributed by atoms with van der Waals surface area (Å²) in [5.41, 5.74) is 1.17. The van der Waals surface area contributed by atoms with E-state index in [0.717, 1.165) is 28.6 Å². The average Bonchev–Trinajstić information content (AvgIpc) is 3.20. The van der Waals surface area contributed by atoms with E-state index in [1.165, 1.54) is 6.07 Å². The summed E-state index contributed by atoms with van der Waals surface area (Å²) in [5, 5.41) is 3.33. The number of morpholine rings is 1. The number of nitrogens with zero attached hydrogens (tertiary/aromatic N) is 1. The second kappa shape index (κ2) is 9.53. The fraction of sp³-hybridized carbons (Fsp3) is 0.304. The maximum atomic E-state index is 13.2. The fourth-order valence-corrected chi connectivity index (χ4v) is 3.71. The quantitative estimate of drug-likeness (QED) is 0.547. The van der Waals surface area contributed by atoms with Crippen molar-refractivity contribution in [1.29, 1.82) is 0 Å². The minimum Gasteiger partial charge on any atom is -0.455 e. The van der Waals surface area contributed by atoms with Crippen LogP contribution in [0.1, 0.15) is 11.1 Å². The summed E-state index contributed by atoms with van der Waals surface area (Å²) in [6, 6.07) is 10.6. The van der Waals surface area contributed by atoms with Gasteiger partial charge in [0, 0.05) is 30.2 Å². The molecule has 0 aliphatic carbocycles. The number of carbonyl (C=O) groups excluding carboxylic acids is 2. The monoisotopic (exact) mass is 461 g/mol. The Labute approximate surface area is 187 Å². The van der Waals surface area contributed by atoms with E-state index in [4.69, 9.17) is 9.47 Å². The lowest BCUT2D eigenvalue weighted by molar-refractivity contribution is -0.146. The van der Waals surface area contributed by atoms with Crippen molar-refractivity contribution in [2.45, 2.75) is 12.6 Å². The molecule has 1 aliphatic heterocycles. The standard InChI is InChI=1S/C23H22F3N3O4/c24-23(25,26)16-5-6-20(29-7-9-32-10-8-29)19(12-16)28-21(30)14-33-22(31)11-15-13-27-18-4-2-1-3-17(15)18/h1-6,12-13,27H,7-11,14H2,(H,28,30). The number of aromatic amines is 1. The van der Waals surface area contributed by atoms with Gasteiger partial charge in [-0.05, 0) is 29.8 Å². The molecule has 7 nitrogen and oxygen atoms in total. The Kier molecular flexibility index (Phi) is 6.55. The zero-order valence-electron chi connectivity index (χ0n) is 17.6. The van der Waals surface area contributed by atoms with Crippen LogP contribution in [-0.2, 0) is 31.7 Å². The molecule has 2 heterocycles. The van der Waals surface area contributed by atoms with Gasteiger partial charge in [-0.2, -0.15) is 13.2 Å². The number of nitrogens with one attached hydrogen (secondary N) is 2. The van der Waals surface area contributed by atoms with E-state index >= 15 is 0 Å². The third-order valence-corrected chi connectivity index (χ3v) is 5.32. The lowest BCUT2D eigenvalue weighted by Crippen LogP contribution is -2.37. The molecule has 174 valence electrons. The molecule has 0 saturated carbocycles. The molecule has 33 heavy (non-hydrogen) atoms. The summed E-state index contributed by atoms with van der Waals surface area (Å²) in [6.07, 6.45) is -2.90. The van der Waals surface area contributed by atoms with Crippen molar-refractivity contribution in [2.24, 2.45) is 0 Å². The van der Waals surface area contributed by atoms with Gasteiger partial charge in [-0.3, -0.25) is 9.59 Å². The number of esters is 1. The van der Waals surface area contributed by atoms with Crippen LogP contribution in [0, 0.1) is 0 Å². The first-order valence-corrected chi connectivity index (χ1v) is 10.4. The smallest absolute Gasteiger partial charge is 0.416 e. The van der Waals surface area contributed by atoms with Crippen LogP contribution in [-0.4, -0.2) is 49.8 Å². The van der Waals surface area contributed by atoms with Gasteiger partial charge < -0.3 is 24.7 Å². The molecule has 4 rings (SSSR count). The number of alkyl halides is 3. The third kappa shape index (κ3) is 5.46. The molecule has 3 aromatic rings. The van der Waals surface area contributed by atoms with E-state index in [9.17, 15) is 22.8 Å². The maximum absolute atomic E-state index is 13.2. The summed E-state index contributed by atoms with van der Waals surface area (Å²) in [4.78, 5) is 29.5. The third-order valence-electron chi connectivity index (χ3n) is 5.32. The molecule has 0 bridgehead atoms. The first-order valence-electron chi connectivity index (χ1n) is 10.4. The molecule has 10 heteroatoms. The highest BCUT2D eigenvalue weighted by molar-refractivity contribution is 5.96. The van der Waals surface area contributed by atoms with Gasteiger partial charge in [-0.15, -0.1) is 0 Å². The maximum Gasteiger partial charge on any atom is 0.416 e. The van der Waals surface area contributed by atoms with Crippen LogP contribution >= 0.6 is 0 Å². The van der Waals surface area contributed by atoms with Gasteiger partial charge in [0.05, 0.1) is 36.6 Å². The Balaban J connectivity index is 1.41. The fourth-order valence-electron chi connectivity index (χ4n) is 3.71. The number of benzene rings is 2. The van der Waals surface area contributed by atoms with Gasteiger partial charge in [0.2, 0.25) is 0 Å². The van der Waals surface area contributed by atoms with Gasteiger partial charge >= 0.3 is 12.1 Å². The number of anilines is 2. The zero-order chi connectivity index (χ0) is 23.4. The van der Waals surface area contributed by atoms with E-state index in [1.54, 1.807) is 6.20 Å². The van der Waals surface area contributed by atoms with E-state index < -0.39 is 30.2 Å². The van der Waals surface area contributed by atoms with Crippen molar-refractivity contribution in [3.63, 3.8) is 0 Å². The predicted molar refractivity (Wildman–Crippen MR) is 116 cm³/mol. The molecule has 1 aliphatic rings. The molecule has 0 radical (unpaired) electrons. The van der Waals surface area contributed by atoms with E-state index in [1.807, 2.05) is 29.2 Å². The van der Waals surface area contributed by atoms with Crippen molar-refractivity contribution in [1.82, 2.24) is 4.98 Å². The molecule has 2 N–H and O–H groups in total. The number of halogens is 3. The number of rotatable bonds is 6. The van der Waals surface area contributed by atoms with Crippen LogP contribution in [0.3, 0.4) is 0 Å². The lowest BCUT2D eigenvalue weighted by Gasteiger charge is -2.31. The van der Waals surface area contributed by atoms with E-state index in [-0.39, 0.29) is 12.1 Å². The van der Waals surface area contributed by atoms with Gasteiger partial charge in [-0.25, -0.2) is 0 Å². The van der Waals surface area contributed by atoms with Crippen LogP contribution < -0.4 is 10.2 Å². The van der Waals surface area contributed by atoms with Crippen molar-refractivity contribution in [2.75, 3.05) is 43.1 Å². The number of amides is 1. The van der Waals surface area contributed by atoms with Crippen LogP contribution in [0.25, 0.3) is 10.9 Å². The average molecular weight is 461 g/mol. The molecule has 0 atom stereocenters. The summed E-state index contributed by atoms with van der Waals surface area (Å²) < 4.78 is 50.0. The molecule has 2 aromatic carbocycles. The zero-order valence-corrected chi connectivity index (χ0v) is 17.6. The van der Waals surface area contributed by atoms with Crippen LogP contribution in [0.5, 0.6) is 0 Å². The van der Waals surface area contributed by atoms with E-state index in [0.29, 0.717) is 32.0 Å². The summed E-state index contributed by atoms with van der Waals surface area (Å²) in [5.74, 6) is -1.34.